The number of rotatable bonds is 4. The molecule has 0 N–H and O–H groups in total. The van der Waals surface area contributed by atoms with Crippen LogP contribution in [0.1, 0.15) is 43.0 Å². The van der Waals surface area contributed by atoms with Gasteiger partial charge in [0, 0.05) is 50.8 Å². The summed E-state index contributed by atoms with van der Waals surface area (Å²) in [5, 5.41) is 4.28. The number of piperidine rings is 1. The van der Waals surface area contributed by atoms with E-state index in [1.54, 1.807) is 6.20 Å². The van der Waals surface area contributed by atoms with Crippen molar-refractivity contribution < 1.29 is 4.79 Å². The lowest BCUT2D eigenvalue weighted by molar-refractivity contribution is 0.0681. The van der Waals surface area contributed by atoms with Gasteiger partial charge in [0.25, 0.3) is 5.91 Å². The van der Waals surface area contributed by atoms with Crippen LogP contribution in [0, 0.1) is 5.92 Å². The van der Waals surface area contributed by atoms with Crippen LogP contribution in [-0.4, -0.2) is 51.2 Å². The van der Waals surface area contributed by atoms with Crippen LogP contribution in [0.3, 0.4) is 0 Å². The van der Waals surface area contributed by atoms with E-state index in [9.17, 15) is 4.79 Å². The number of carbonyl (C=O) groups is 1. The van der Waals surface area contributed by atoms with E-state index < -0.39 is 0 Å². The SMILES string of the molecule is C[C@H]1CCCN1c1ccc(C(=O)N2CCC(Cn3cccn3)CC2)cn1. The summed E-state index contributed by atoms with van der Waals surface area (Å²) in [5.74, 6) is 1.69. The van der Waals surface area contributed by atoms with E-state index in [0.29, 0.717) is 17.5 Å². The Kier molecular flexibility index (Phi) is 4.91. The number of likely N-dealkylation sites (tertiary alicyclic amines) is 1. The number of carbonyl (C=O) groups excluding carboxylic acids is 1. The molecule has 0 bridgehead atoms. The average Bonchev–Trinajstić information content (AvgIpc) is 3.34. The monoisotopic (exact) mass is 353 g/mol. The molecule has 0 spiro atoms. The quantitative estimate of drug-likeness (QED) is 0.848. The summed E-state index contributed by atoms with van der Waals surface area (Å²) in [6.07, 6.45) is 10.1. The third kappa shape index (κ3) is 3.59. The maximum Gasteiger partial charge on any atom is 0.255 e. The number of hydrogen-bond donors (Lipinski definition) is 0. The van der Waals surface area contributed by atoms with Crippen molar-refractivity contribution in [3.8, 4) is 0 Å². The van der Waals surface area contributed by atoms with E-state index in [1.165, 1.54) is 12.8 Å². The highest BCUT2D eigenvalue weighted by Crippen LogP contribution is 2.24. The maximum atomic E-state index is 12.8. The standard InChI is InChI=1S/C20H27N5O/c1-16-4-2-11-25(16)19-6-5-18(14-21-19)20(26)23-12-7-17(8-13-23)15-24-10-3-9-22-24/h3,5-6,9-10,14,16-17H,2,4,7-8,11-13,15H2,1H3/t16-/m0/s1. The molecule has 1 atom stereocenters. The summed E-state index contributed by atoms with van der Waals surface area (Å²) >= 11 is 0. The van der Waals surface area contributed by atoms with E-state index >= 15 is 0 Å². The fourth-order valence-electron chi connectivity index (χ4n) is 4.13. The Labute approximate surface area is 154 Å². The molecule has 2 aromatic heterocycles. The van der Waals surface area contributed by atoms with Crippen molar-refractivity contribution in [3.05, 3.63) is 42.4 Å². The Morgan fingerprint density at radius 1 is 1.19 bits per heavy atom. The third-order valence-electron chi connectivity index (χ3n) is 5.75. The van der Waals surface area contributed by atoms with Gasteiger partial charge in [0.05, 0.1) is 5.56 Å². The molecule has 0 saturated carbocycles. The van der Waals surface area contributed by atoms with E-state index in [1.807, 2.05) is 40.2 Å². The smallest absolute Gasteiger partial charge is 0.255 e. The predicted octanol–water partition coefficient (Wildman–Crippen LogP) is 2.82. The first kappa shape index (κ1) is 17.1. The highest BCUT2D eigenvalue weighted by Gasteiger charge is 2.25. The molecule has 2 aromatic rings. The van der Waals surface area contributed by atoms with Crippen LogP contribution >= 0.6 is 0 Å². The van der Waals surface area contributed by atoms with Gasteiger partial charge < -0.3 is 9.80 Å². The highest BCUT2D eigenvalue weighted by atomic mass is 16.2. The largest absolute Gasteiger partial charge is 0.354 e. The molecule has 0 unspecified atom stereocenters. The lowest BCUT2D eigenvalue weighted by atomic mass is 9.96. The van der Waals surface area contributed by atoms with Crippen LogP contribution < -0.4 is 4.90 Å². The number of amides is 1. The lowest BCUT2D eigenvalue weighted by Crippen LogP contribution is -2.39. The fraction of sp³-hybridized carbons (Fsp3) is 0.550. The zero-order valence-corrected chi connectivity index (χ0v) is 15.4. The molecule has 4 heterocycles. The summed E-state index contributed by atoms with van der Waals surface area (Å²) in [6.45, 7) is 5.87. The normalized spacial score (nSPS) is 21.3. The molecule has 6 heteroatoms. The number of nitrogens with zero attached hydrogens (tertiary/aromatic N) is 5. The summed E-state index contributed by atoms with van der Waals surface area (Å²) in [4.78, 5) is 21.6. The van der Waals surface area contributed by atoms with Crippen LogP contribution in [0.2, 0.25) is 0 Å². The molecule has 2 aliphatic rings. The summed E-state index contributed by atoms with van der Waals surface area (Å²) in [6, 6.07) is 6.43. The molecule has 6 nitrogen and oxygen atoms in total. The first-order valence-corrected chi connectivity index (χ1v) is 9.70. The van der Waals surface area contributed by atoms with Crippen LogP contribution in [0.25, 0.3) is 0 Å². The average molecular weight is 353 g/mol. The molecule has 2 saturated heterocycles. The summed E-state index contributed by atoms with van der Waals surface area (Å²) < 4.78 is 1.99. The van der Waals surface area contributed by atoms with Gasteiger partial charge in [-0.15, -0.1) is 0 Å². The van der Waals surface area contributed by atoms with Crippen molar-refractivity contribution in [1.82, 2.24) is 19.7 Å². The topological polar surface area (TPSA) is 54.3 Å². The van der Waals surface area contributed by atoms with E-state index in [2.05, 4.69) is 21.9 Å². The van der Waals surface area contributed by atoms with Gasteiger partial charge in [-0.05, 0) is 56.7 Å². The second kappa shape index (κ2) is 7.48. The second-order valence-corrected chi connectivity index (χ2v) is 7.55. The highest BCUT2D eigenvalue weighted by molar-refractivity contribution is 5.94. The molecular formula is C20H27N5O. The van der Waals surface area contributed by atoms with Gasteiger partial charge in [-0.3, -0.25) is 9.48 Å². The van der Waals surface area contributed by atoms with Gasteiger partial charge in [-0.1, -0.05) is 0 Å². The molecule has 4 rings (SSSR count). The Balaban J connectivity index is 1.33. The zero-order valence-electron chi connectivity index (χ0n) is 15.4. The molecule has 1 amide bonds. The maximum absolute atomic E-state index is 12.8. The molecule has 2 fully saturated rings. The number of anilines is 1. The molecule has 138 valence electrons. The molecule has 2 aliphatic heterocycles. The minimum absolute atomic E-state index is 0.107. The van der Waals surface area contributed by atoms with Crippen molar-refractivity contribution in [2.45, 2.75) is 45.2 Å². The molecule has 26 heavy (non-hydrogen) atoms. The van der Waals surface area contributed by atoms with Gasteiger partial charge in [0.2, 0.25) is 0 Å². The molecule has 0 radical (unpaired) electrons. The number of pyridine rings is 1. The van der Waals surface area contributed by atoms with Crippen molar-refractivity contribution in [2.24, 2.45) is 5.92 Å². The van der Waals surface area contributed by atoms with Gasteiger partial charge in [-0.2, -0.15) is 5.10 Å². The Hall–Kier alpha value is -2.37. The van der Waals surface area contributed by atoms with Crippen molar-refractivity contribution in [2.75, 3.05) is 24.5 Å². The van der Waals surface area contributed by atoms with Gasteiger partial charge in [0.1, 0.15) is 5.82 Å². The zero-order chi connectivity index (χ0) is 17.9. The molecular weight excluding hydrogens is 326 g/mol. The van der Waals surface area contributed by atoms with Crippen molar-refractivity contribution >= 4 is 11.7 Å². The van der Waals surface area contributed by atoms with E-state index in [-0.39, 0.29) is 5.91 Å². The first-order valence-electron chi connectivity index (χ1n) is 9.70. The molecule has 0 aromatic carbocycles. The summed E-state index contributed by atoms with van der Waals surface area (Å²) in [5.41, 5.74) is 0.700. The Morgan fingerprint density at radius 3 is 2.65 bits per heavy atom. The van der Waals surface area contributed by atoms with Gasteiger partial charge in [0.15, 0.2) is 0 Å². The third-order valence-corrected chi connectivity index (χ3v) is 5.75. The van der Waals surface area contributed by atoms with E-state index in [4.69, 9.17) is 0 Å². The number of hydrogen-bond acceptors (Lipinski definition) is 4. The summed E-state index contributed by atoms with van der Waals surface area (Å²) in [7, 11) is 0. The first-order chi connectivity index (χ1) is 12.7. The van der Waals surface area contributed by atoms with Crippen molar-refractivity contribution in [3.63, 3.8) is 0 Å². The van der Waals surface area contributed by atoms with Gasteiger partial charge >= 0.3 is 0 Å². The number of aromatic nitrogens is 3. The van der Waals surface area contributed by atoms with Gasteiger partial charge in [-0.25, -0.2) is 4.98 Å². The Morgan fingerprint density at radius 2 is 2.04 bits per heavy atom. The Bertz CT molecular complexity index is 719. The second-order valence-electron chi connectivity index (χ2n) is 7.55. The minimum Gasteiger partial charge on any atom is -0.354 e. The molecule has 0 aliphatic carbocycles. The van der Waals surface area contributed by atoms with Crippen LogP contribution in [0.5, 0.6) is 0 Å². The van der Waals surface area contributed by atoms with Crippen LogP contribution in [-0.2, 0) is 6.54 Å². The van der Waals surface area contributed by atoms with Crippen LogP contribution in [0.4, 0.5) is 5.82 Å². The predicted molar refractivity (Wildman–Crippen MR) is 101 cm³/mol. The van der Waals surface area contributed by atoms with Crippen molar-refractivity contribution in [1.29, 1.82) is 0 Å². The minimum atomic E-state index is 0.107. The van der Waals surface area contributed by atoms with Crippen LogP contribution in [0.15, 0.2) is 36.8 Å². The van der Waals surface area contributed by atoms with E-state index in [0.717, 1.165) is 44.8 Å². The fourth-order valence-corrected chi connectivity index (χ4v) is 4.13. The lowest BCUT2D eigenvalue weighted by Gasteiger charge is -2.32.